The van der Waals surface area contributed by atoms with E-state index in [1.807, 2.05) is 19.1 Å². The molecule has 0 fully saturated rings. The minimum Gasteiger partial charge on any atom is -0.482 e. The molecule has 0 heterocycles. The summed E-state index contributed by atoms with van der Waals surface area (Å²) in [6.45, 7) is 4.30. The third-order valence-electron chi connectivity index (χ3n) is 4.51. The van der Waals surface area contributed by atoms with E-state index in [0.717, 1.165) is 18.4 Å². The summed E-state index contributed by atoms with van der Waals surface area (Å²) in [6.07, 6.45) is 1.85. The number of benzene rings is 2. The van der Waals surface area contributed by atoms with Crippen molar-refractivity contribution in [3.63, 3.8) is 0 Å². The van der Waals surface area contributed by atoms with E-state index in [0.29, 0.717) is 27.4 Å². The van der Waals surface area contributed by atoms with Gasteiger partial charge in [-0.15, -0.1) is 0 Å². The third-order valence-corrected chi connectivity index (χ3v) is 5.29. The Kier molecular flexibility index (Phi) is 9.76. The number of ether oxygens (including phenoxy) is 1. The van der Waals surface area contributed by atoms with Crippen molar-refractivity contribution in [3.8, 4) is 5.75 Å². The summed E-state index contributed by atoms with van der Waals surface area (Å²) in [7, 11) is 0. The molecule has 2 amide bonds. The Balaban J connectivity index is 2.12. The number of rotatable bonds is 10. The Morgan fingerprint density at radius 1 is 1.07 bits per heavy atom. The van der Waals surface area contributed by atoms with E-state index in [9.17, 15) is 9.59 Å². The minimum atomic E-state index is -0.672. The van der Waals surface area contributed by atoms with Gasteiger partial charge in [-0.25, -0.2) is 0 Å². The molecule has 0 unspecified atom stereocenters. The van der Waals surface area contributed by atoms with Crippen LogP contribution in [0.5, 0.6) is 5.75 Å². The molecule has 2 aromatic carbocycles. The zero-order valence-corrected chi connectivity index (χ0v) is 19.2. The van der Waals surface area contributed by atoms with E-state index in [-0.39, 0.29) is 25.0 Å². The van der Waals surface area contributed by atoms with Gasteiger partial charge in [0.1, 0.15) is 11.8 Å². The highest BCUT2D eigenvalue weighted by Crippen LogP contribution is 2.27. The normalized spacial score (nSPS) is 11.6. The lowest BCUT2D eigenvalue weighted by atomic mass is 10.1. The molecule has 1 N–H and O–H groups in total. The van der Waals surface area contributed by atoms with Gasteiger partial charge in [-0.2, -0.15) is 0 Å². The number of amides is 2. The highest BCUT2D eigenvalue weighted by molar-refractivity contribution is 6.35. The first-order valence-corrected chi connectivity index (χ1v) is 10.8. The average Bonchev–Trinajstić information content (AvgIpc) is 2.72. The van der Waals surface area contributed by atoms with E-state index in [1.165, 1.54) is 11.0 Å². The summed E-state index contributed by atoms with van der Waals surface area (Å²) in [5.41, 5.74) is 0.852. The summed E-state index contributed by atoms with van der Waals surface area (Å²) < 4.78 is 5.59. The minimum absolute atomic E-state index is 0.213. The highest BCUT2D eigenvalue weighted by atomic mass is 35.5. The topological polar surface area (TPSA) is 58.6 Å². The maximum atomic E-state index is 13.0. The van der Waals surface area contributed by atoms with Crippen LogP contribution in [0.3, 0.4) is 0 Å². The van der Waals surface area contributed by atoms with Gasteiger partial charge in [0.05, 0.1) is 5.02 Å². The third kappa shape index (κ3) is 7.38. The maximum absolute atomic E-state index is 13.0. The largest absolute Gasteiger partial charge is 0.482 e. The molecule has 0 aromatic heterocycles. The van der Waals surface area contributed by atoms with Gasteiger partial charge in [0.25, 0.3) is 5.91 Å². The number of carbonyl (C=O) groups is 2. The first kappa shape index (κ1) is 24.3. The number of nitrogens with one attached hydrogen (secondary N) is 1. The fourth-order valence-electron chi connectivity index (χ4n) is 2.72. The van der Waals surface area contributed by atoms with E-state index in [2.05, 4.69) is 5.32 Å². The van der Waals surface area contributed by atoms with Gasteiger partial charge in [-0.1, -0.05) is 60.3 Å². The molecule has 2 rings (SSSR count). The van der Waals surface area contributed by atoms with Crippen molar-refractivity contribution in [2.45, 2.75) is 39.3 Å². The number of hydrogen-bond donors (Lipinski definition) is 1. The second kappa shape index (κ2) is 12.0. The Hall–Kier alpha value is -1.95. The molecule has 0 bridgehead atoms. The standard InChI is InChI=1S/C22H25Cl3N2O3/c1-3-4-11-26-22(29)15(2)27(13-16-5-7-17(23)8-6-16)21(28)14-30-20-10-9-18(24)12-19(20)25/h5-10,12,15H,3-4,11,13-14H2,1-2H3,(H,26,29)/t15-/m1/s1. The van der Waals surface area contributed by atoms with E-state index in [1.54, 1.807) is 31.2 Å². The molecule has 1 atom stereocenters. The second-order valence-electron chi connectivity index (χ2n) is 6.83. The molecule has 8 heteroatoms. The van der Waals surface area contributed by atoms with Gasteiger partial charge in [-0.3, -0.25) is 9.59 Å². The predicted octanol–water partition coefficient (Wildman–Crippen LogP) is 5.36. The molecule has 162 valence electrons. The monoisotopic (exact) mass is 470 g/mol. The van der Waals surface area contributed by atoms with Gasteiger partial charge < -0.3 is 15.0 Å². The molecule has 0 saturated heterocycles. The maximum Gasteiger partial charge on any atom is 0.261 e. The van der Waals surface area contributed by atoms with Crippen LogP contribution in [-0.4, -0.2) is 35.9 Å². The summed E-state index contributed by atoms with van der Waals surface area (Å²) in [5, 5.41) is 4.25. The van der Waals surface area contributed by atoms with Gasteiger partial charge in [-0.05, 0) is 49.2 Å². The molecule has 0 aliphatic carbocycles. The Bertz CT molecular complexity index is 859. The average molecular weight is 472 g/mol. The van der Waals surface area contributed by atoms with Crippen LogP contribution < -0.4 is 10.1 Å². The smallest absolute Gasteiger partial charge is 0.261 e. The van der Waals surface area contributed by atoms with E-state index < -0.39 is 6.04 Å². The van der Waals surface area contributed by atoms with Gasteiger partial charge in [0, 0.05) is 23.1 Å². The molecule has 0 spiro atoms. The van der Waals surface area contributed by atoms with Crippen molar-refractivity contribution >= 4 is 46.6 Å². The van der Waals surface area contributed by atoms with Crippen molar-refractivity contribution in [2.75, 3.05) is 13.2 Å². The highest BCUT2D eigenvalue weighted by Gasteiger charge is 2.26. The lowest BCUT2D eigenvalue weighted by Crippen LogP contribution is -2.49. The predicted molar refractivity (Wildman–Crippen MR) is 121 cm³/mol. The van der Waals surface area contributed by atoms with Gasteiger partial charge >= 0.3 is 0 Å². The molecule has 2 aromatic rings. The number of hydrogen-bond acceptors (Lipinski definition) is 3. The second-order valence-corrected chi connectivity index (χ2v) is 8.11. The fourth-order valence-corrected chi connectivity index (χ4v) is 3.31. The van der Waals surface area contributed by atoms with Crippen LogP contribution in [0.15, 0.2) is 42.5 Å². The molecule has 0 aliphatic rings. The number of halogens is 3. The van der Waals surface area contributed by atoms with Crippen LogP contribution in [0.2, 0.25) is 15.1 Å². The molecule has 0 aliphatic heterocycles. The lowest BCUT2D eigenvalue weighted by molar-refractivity contribution is -0.142. The van der Waals surface area contributed by atoms with Crippen LogP contribution >= 0.6 is 34.8 Å². The molecule has 0 radical (unpaired) electrons. The van der Waals surface area contributed by atoms with Crippen LogP contribution in [0.25, 0.3) is 0 Å². The summed E-state index contributed by atoms with van der Waals surface area (Å²) in [5.74, 6) is -0.203. The summed E-state index contributed by atoms with van der Waals surface area (Å²) in [6, 6.07) is 11.2. The zero-order chi connectivity index (χ0) is 22.1. The Morgan fingerprint density at radius 3 is 2.37 bits per heavy atom. The fraction of sp³-hybridized carbons (Fsp3) is 0.364. The molecule has 0 saturated carbocycles. The zero-order valence-electron chi connectivity index (χ0n) is 17.0. The van der Waals surface area contributed by atoms with E-state index >= 15 is 0 Å². The molecule has 5 nitrogen and oxygen atoms in total. The summed E-state index contributed by atoms with van der Waals surface area (Å²) in [4.78, 5) is 27.0. The molecular formula is C22H25Cl3N2O3. The van der Waals surface area contributed by atoms with Crippen LogP contribution in [-0.2, 0) is 16.1 Å². The van der Waals surface area contributed by atoms with Crippen molar-refractivity contribution in [1.29, 1.82) is 0 Å². The first-order chi connectivity index (χ1) is 14.3. The SMILES string of the molecule is CCCCNC(=O)[C@@H](C)N(Cc1ccc(Cl)cc1)C(=O)COc1ccc(Cl)cc1Cl. The lowest BCUT2D eigenvalue weighted by Gasteiger charge is -2.29. The number of unbranched alkanes of at least 4 members (excludes halogenated alkanes) is 1. The molecule has 30 heavy (non-hydrogen) atoms. The van der Waals surface area contributed by atoms with Crippen molar-refractivity contribution in [1.82, 2.24) is 10.2 Å². The van der Waals surface area contributed by atoms with Crippen molar-refractivity contribution < 1.29 is 14.3 Å². The number of nitrogens with zero attached hydrogens (tertiary/aromatic N) is 1. The first-order valence-electron chi connectivity index (χ1n) is 9.71. The van der Waals surface area contributed by atoms with Gasteiger partial charge in [0.15, 0.2) is 6.61 Å². The van der Waals surface area contributed by atoms with Gasteiger partial charge in [0.2, 0.25) is 5.91 Å². The quantitative estimate of drug-likeness (QED) is 0.475. The Labute approximate surface area is 192 Å². The number of carbonyl (C=O) groups excluding carboxylic acids is 2. The van der Waals surface area contributed by atoms with Crippen LogP contribution in [0.1, 0.15) is 32.3 Å². The van der Waals surface area contributed by atoms with E-state index in [4.69, 9.17) is 39.5 Å². The van der Waals surface area contributed by atoms with Crippen LogP contribution in [0, 0.1) is 0 Å². The Morgan fingerprint density at radius 2 is 1.73 bits per heavy atom. The summed E-state index contributed by atoms with van der Waals surface area (Å²) >= 11 is 18.0. The van der Waals surface area contributed by atoms with Crippen molar-refractivity contribution in [2.24, 2.45) is 0 Å². The van der Waals surface area contributed by atoms with Crippen LogP contribution in [0.4, 0.5) is 0 Å². The van der Waals surface area contributed by atoms with Crippen molar-refractivity contribution in [3.05, 3.63) is 63.1 Å². The molecular weight excluding hydrogens is 447 g/mol.